The second-order valence-corrected chi connectivity index (χ2v) is 3.79. The highest BCUT2D eigenvalue weighted by atomic mass is 16.5. The topological polar surface area (TPSA) is 98.3 Å². The number of nitrogens with two attached hydrogens (primary N) is 1. The minimum atomic E-state index is -0.946. The smallest absolute Gasteiger partial charge is 0.312 e. The summed E-state index contributed by atoms with van der Waals surface area (Å²) in [4.78, 5) is 19.4. The minimum Gasteiger partial charge on any atom is -0.481 e. The second-order valence-electron chi connectivity index (χ2n) is 3.79. The van der Waals surface area contributed by atoms with E-state index in [1.807, 2.05) is 0 Å². The fourth-order valence-electron chi connectivity index (χ4n) is 1.71. The molecule has 2 aromatic rings. The number of nitrogens with zero attached hydrogens (tertiary/aromatic N) is 2. The second kappa shape index (κ2) is 4.97. The Hall–Kier alpha value is -2.21. The van der Waals surface area contributed by atoms with Gasteiger partial charge in [0.05, 0.1) is 30.3 Å². The van der Waals surface area contributed by atoms with Gasteiger partial charge in [-0.1, -0.05) is 6.07 Å². The Morgan fingerprint density at radius 1 is 1.50 bits per heavy atom. The van der Waals surface area contributed by atoms with Gasteiger partial charge >= 0.3 is 5.97 Å². The molecule has 0 radical (unpaired) electrons. The molecule has 0 aliphatic carbocycles. The Balaban J connectivity index is 2.47. The first kappa shape index (κ1) is 12.3. The molecule has 1 unspecified atom stereocenters. The van der Waals surface area contributed by atoms with Gasteiger partial charge in [0.2, 0.25) is 5.88 Å². The normalized spacial score (nSPS) is 12.3. The SMILES string of the molecule is COc1cnc2cc(C(CN)C(=O)O)ccc2n1. The number of carboxylic acids is 1. The van der Waals surface area contributed by atoms with Crippen molar-refractivity contribution in [2.24, 2.45) is 5.73 Å². The molecule has 0 aliphatic rings. The largest absolute Gasteiger partial charge is 0.481 e. The Morgan fingerprint density at radius 2 is 2.28 bits per heavy atom. The molecule has 1 aromatic heterocycles. The van der Waals surface area contributed by atoms with Crippen LogP contribution in [0.25, 0.3) is 11.0 Å². The molecule has 94 valence electrons. The number of hydrogen-bond acceptors (Lipinski definition) is 5. The Morgan fingerprint density at radius 3 is 2.89 bits per heavy atom. The summed E-state index contributed by atoms with van der Waals surface area (Å²) in [7, 11) is 1.51. The summed E-state index contributed by atoms with van der Waals surface area (Å²) in [5.41, 5.74) is 7.35. The van der Waals surface area contributed by atoms with Gasteiger partial charge in [0.25, 0.3) is 0 Å². The molecule has 0 saturated heterocycles. The molecule has 2 rings (SSSR count). The van der Waals surface area contributed by atoms with Crippen molar-refractivity contribution in [2.45, 2.75) is 5.92 Å². The summed E-state index contributed by atoms with van der Waals surface area (Å²) in [6.45, 7) is 0.0461. The van der Waals surface area contributed by atoms with Crippen LogP contribution in [0.5, 0.6) is 5.88 Å². The zero-order valence-corrected chi connectivity index (χ0v) is 9.83. The molecular formula is C12H13N3O3. The maximum Gasteiger partial charge on any atom is 0.312 e. The molecule has 1 heterocycles. The third-order valence-electron chi connectivity index (χ3n) is 2.69. The first-order chi connectivity index (χ1) is 8.65. The van der Waals surface area contributed by atoms with Crippen LogP contribution >= 0.6 is 0 Å². The quantitative estimate of drug-likeness (QED) is 0.827. The van der Waals surface area contributed by atoms with E-state index in [0.717, 1.165) is 0 Å². The van der Waals surface area contributed by atoms with Gasteiger partial charge in [0.15, 0.2) is 0 Å². The van der Waals surface area contributed by atoms with Crippen LogP contribution in [0, 0.1) is 0 Å². The molecule has 1 aromatic carbocycles. The molecule has 0 amide bonds. The summed E-state index contributed by atoms with van der Waals surface area (Å²) in [5, 5.41) is 9.04. The van der Waals surface area contributed by atoms with E-state index >= 15 is 0 Å². The van der Waals surface area contributed by atoms with Gasteiger partial charge in [-0.05, 0) is 17.7 Å². The van der Waals surface area contributed by atoms with Crippen molar-refractivity contribution in [3.63, 3.8) is 0 Å². The number of carboxylic acid groups (broad SMARTS) is 1. The van der Waals surface area contributed by atoms with Crippen LogP contribution in [0.3, 0.4) is 0 Å². The van der Waals surface area contributed by atoms with Gasteiger partial charge < -0.3 is 15.6 Å². The lowest BCUT2D eigenvalue weighted by molar-refractivity contribution is -0.138. The number of aliphatic carboxylic acids is 1. The van der Waals surface area contributed by atoms with Gasteiger partial charge in [-0.25, -0.2) is 9.97 Å². The van der Waals surface area contributed by atoms with Crippen molar-refractivity contribution >= 4 is 17.0 Å². The lowest BCUT2D eigenvalue weighted by atomic mass is 9.99. The number of benzene rings is 1. The predicted octanol–water partition coefficient (Wildman–Crippen LogP) is 0.765. The summed E-state index contributed by atoms with van der Waals surface area (Å²) < 4.78 is 4.97. The Bertz CT molecular complexity index is 586. The van der Waals surface area contributed by atoms with Crippen LogP contribution < -0.4 is 10.5 Å². The number of carbonyl (C=O) groups is 1. The molecule has 0 bridgehead atoms. The molecule has 0 fully saturated rings. The van der Waals surface area contributed by atoms with E-state index < -0.39 is 11.9 Å². The molecule has 1 atom stereocenters. The number of hydrogen-bond donors (Lipinski definition) is 2. The van der Waals surface area contributed by atoms with Crippen LogP contribution in [-0.2, 0) is 4.79 Å². The van der Waals surface area contributed by atoms with E-state index in [1.54, 1.807) is 18.2 Å². The third kappa shape index (κ3) is 2.23. The van der Waals surface area contributed by atoms with Crippen molar-refractivity contribution in [3.8, 4) is 5.88 Å². The standard InChI is InChI=1S/C12H13N3O3/c1-18-11-6-14-10-4-7(2-3-9(10)15-11)8(5-13)12(16)17/h2-4,6,8H,5,13H2,1H3,(H,16,17). The zero-order chi connectivity index (χ0) is 13.1. The van der Waals surface area contributed by atoms with E-state index in [2.05, 4.69) is 9.97 Å². The fourth-order valence-corrected chi connectivity index (χ4v) is 1.71. The summed E-state index contributed by atoms with van der Waals surface area (Å²) >= 11 is 0. The van der Waals surface area contributed by atoms with E-state index in [0.29, 0.717) is 22.5 Å². The average Bonchev–Trinajstić information content (AvgIpc) is 2.38. The van der Waals surface area contributed by atoms with Gasteiger partial charge in [0, 0.05) is 6.54 Å². The highest BCUT2D eigenvalue weighted by Gasteiger charge is 2.18. The first-order valence-electron chi connectivity index (χ1n) is 5.39. The van der Waals surface area contributed by atoms with Crippen molar-refractivity contribution in [1.29, 1.82) is 0 Å². The van der Waals surface area contributed by atoms with Crippen molar-refractivity contribution < 1.29 is 14.6 Å². The lowest BCUT2D eigenvalue weighted by Crippen LogP contribution is -2.21. The first-order valence-corrected chi connectivity index (χ1v) is 5.39. The van der Waals surface area contributed by atoms with E-state index in [-0.39, 0.29) is 6.54 Å². The monoisotopic (exact) mass is 247 g/mol. The van der Waals surface area contributed by atoms with E-state index in [9.17, 15) is 4.79 Å². The maximum atomic E-state index is 11.0. The molecule has 0 saturated carbocycles. The van der Waals surface area contributed by atoms with E-state index in [1.165, 1.54) is 13.3 Å². The van der Waals surface area contributed by atoms with Gasteiger partial charge in [-0.2, -0.15) is 0 Å². The number of methoxy groups -OCH3 is 1. The fraction of sp³-hybridized carbons (Fsp3) is 0.250. The maximum absolute atomic E-state index is 11.0. The molecular weight excluding hydrogens is 234 g/mol. The summed E-state index contributed by atoms with van der Waals surface area (Å²) in [6.07, 6.45) is 1.49. The van der Waals surface area contributed by atoms with Crippen molar-refractivity contribution in [2.75, 3.05) is 13.7 Å². The Kier molecular flexibility index (Phi) is 3.38. The zero-order valence-electron chi connectivity index (χ0n) is 9.83. The van der Waals surface area contributed by atoms with Crippen LogP contribution in [-0.4, -0.2) is 34.7 Å². The lowest BCUT2D eigenvalue weighted by Gasteiger charge is -2.10. The molecule has 3 N–H and O–H groups in total. The average molecular weight is 247 g/mol. The van der Waals surface area contributed by atoms with E-state index in [4.69, 9.17) is 15.6 Å². The van der Waals surface area contributed by atoms with Crippen LogP contribution in [0.4, 0.5) is 0 Å². The third-order valence-corrected chi connectivity index (χ3v) is 2.69. The highest BCUT2D eigenvalue weighted by molar-refractivity contribution is 5.81. The van der Waals surface area contributed by atoms with Crippen LogP contribution in [0.1, 0.15) is 11.5 Å². The number of ether oxygens (including phenoxy) is 1. The summed E-state index contributed by atoms with van der Waals surface area (Å²) in [5.74, 6) is -1.25. The highest BCUT2D eigenvalue weighted by Crippen LogP contribution is 2.20. The molecule has 18 heavy (non-hydrogen) atoms. The van der Waals surface area contributed by atoms with Crippen LogP contribution in [0.15, 0.2) is 24.4 Å². The molecule has 6 heteroatoms. The van der Waals surface area contributed by atoms with Crippen LogP contribution in [0.2, 0.25) is 0 Å². The predicted molar refractivity (Wildman–Crippen MR) is 65.5 cm³/mol. The van der Waals surface area contributed by atoms with Gasteiger partial charge in [0.1, 0.15) is 0 Å². The van der Waals surface area contributed by atoms with Gasteiger partial charge in [-0.3, -0.25) is 4.79 Å². The summed E-state index contributed by atoms with van der Waals surface area (Å²) in [6, 6.07) is 5.10. The number of fused-ring (bicyclic) bond motifs is 1. The molecule has 6 nitrogen and oxygen atoms in total. The van der Waals surface area contributed by atoms with Crippen molar-refractivity contribution in [3.05, 3.63) is 30.0 Å². The Labute approximate surface area is 103 Å². The minimum absolute atomic E-state index is 0.0461. The number of aromatic nitrogens is 2. The number of rotatable bonds is 4. The molecule has 0 aliphatic heterocycles. The molecule has 0 spiro atoms. The van der Waals surface area contributed by atoms with Gasteiger partial charge in [-0.15, -0.1) is 0 Å². The van der Waals surface area contributed by atoms with Crippen molar-refractivity contribution in [1.82, 2.24) is 9.97 Å².